The monoisotopic (exact) mass is 348 g/mol. The number of hydrogen-bond donors (Lipinski definition) is 0. The molecule has 4 heteroatoms. The summed E-state index contributed by atoms with van der Waals surface area (Å²) >= 11 is 3.36. The number of carbonyl (C=O) groups is 1. The fraction of sp³-hybridized carbons (Fsp3) is 0.235. The summed E-state index contributed by atoms with van der Waals surface area (Å²) in [4.78, 5) is 11.7. The van der Waals surface area contributed by atoms with Gasteiger partial charge in [-0.2, -0.15) is 0 Å². The normalized spacial score (nSPS) is 10.2. The molecular weight excluding hydrogens is 332 g/mol. The predicted octanol–water partition coefficient (Wildman–Crippen LogP) is 4.39. The lowest BCUT2D eigenvalue weighted by Crippen LogP contribution is -2.17. The van der Waals surface area contributed by atoms with E-state index in [-0.39, 0.29) is 6.61 Å². The number of para-hydroxylation sites is 1. The van der Waals surface area contributed by atoms with Crippen molar-refractivity contribution in [2.45, 2.75) is 19.8 Å². The summed E-state index contributed by atoms with van der Waals surface area (Å²) in [5, 5.41) is 0. The second-order valence-electron chi connectivity index (χ2n) is 4.59. The Morgan fingerprint density at radius 2 is 1.81 bits per heavy atom. The Morgan fingerprint density at radius 3 is 2.48 bits per heavy atom. The first-order valence-corrected chi connectivity index (χ1v) is 7.65. The highest BCUT2D eigenvalue weighted by molar-refractivity contribution is 9.10. The summed E-state index contributed by atoms with van der Waals surface area (Å²) in [6.45, 7) is 2.01. The summed E-state index contributed by atoms with van der Waals surface area (Å²) in [6, 6.07) is 14.9. The Kier molecular flexibility index (Phi) is 5.81. The molecular formula is C17H17BrO3. The Labute approximate surface area is 133 Å². The molecule has 0 heterocycles. The van der Waals surface area contributed by atoms with Crippen molar-refractivity contribution in [3.63, 3.8) is 0 Å². The summed E-state index contributed by atoms with van der Waals surface area (Å²) < 4.78 is 11.4. The maximum absolute atomic E-state index is 11.7. The van der Waals surface area contributed by atoms with E-state index >= 15 is 0 Å². The molecule has 2 rings (SSSR count). The van der Waals surface area contributed by atoms with E-state index in [1.807, 2.05) is 30.3 Å². The van der Waals surface area contributed by atoms with Crippen LogP contribution in [-0.4, -0.2) is 12.6 Å². The fourth-order valence-corrected chi connectivity index (χ4v) is 2.27. The standard InChI is InChI=1S/C17H17BrO3/c1-2-5-13-8-10-14(11-9-13)21-17(19)12-20-16-7-4-3-6-15(16)18/h3-4,6-11H,2,5,12H2,1H3. The number of aryl methyl sites for hydroxylation is 1. The number of carbonyl (C=O) groups excluding carboxylic acids is 1. The SMILES string of the molecule is CCCc1ccc(OC(=O)COc2ccccc2Br)cc1. The van der Waals surface area contributed by atoms with Crippen LogP contribution in [-0.2, 0) is 11.2 Å². The van der Waals surface area contributed by atoms with Crippen LogP contribution in [0.15, 0.2) is 53.0 Å². The molecule has 2 aromatic carbocycles. The minimum absolute atomic E-state index is 0.126. The Bertz CT molecular complexity index is 593. The molecule has 0 aliphatic heterocycles. The van der Waals surface area contributed by atoms with Gasteiger partial charge in [0.2, 0.25) is 0 Å². The highest BCUT2D eigenvalue weighted by Crippen LogP contribution is 2.23. The van der Waals surface area contributed by atoms with Gasteiger partial charge in [-0.15, -0.1) is 0 Å². The molecule has 0 fully saturated rings. The van der Waals surface area contributed by atoms with Gasteiger partial charge in [-0.3, -0.25) is 0 Å². The van der Waals surface area contributed by atoms with Crippen LogP contribution in [0.3, 0.4) is 0 Å². The van der Waals surface area contributed by atoms with Gasteiger partial charge < -0.3 is 9.47 Å². The van der Waals surface area contributed by atoms with E-state index < -0.39 is 5.97 Å². The zero-order valence-electron chi connectivity index (χ0n) is 11.8. The van der Waals surface area contributed by atoms with Crippen LogP contribution in [0.4, 0.5) is 0 Å². The fourth-order valence-electron chi connectivity index (χ4n) is 1.87. The molecule has 3 nitrogen and oxygen atoms in total. The summed E-state index contributed by atoms with van der Waals surface area (Å²) in [5.41, 5.74) is 1.24. The molecule has 0 N–H and O–H groups in total. The predicted molar refractivity (Wildman–Crippen MR) is 85.7 cm³/mol. The molecule has 0 radical (unpaired) electrons. The number of benzene rings is 2. The van der Waals surface area contributed by atoms with E-state index in [0.29, 0.717) is 11.5 Å². The molecule has 0 atom stereocenters. The first-order valence-electron chi connectivity index (χ1n) is 6.86. The third-order valence-electron chi connectivity index (χ3n) is 2.88. The Balaban J connectivity index is 1.85. The number of halogens is 1. The average Bonchev–Trinajstić information content (AvgIpc) is 2.49. The van der Waals surface area contributed by atoms with Crippen LogP contribution in [0.1, 0.15) is 18.9 Å². The molecule has 0 aliphatic carbocycles. The minimum Gasteiger partial charge on any atom is -0.481 e. The van der Waals surface area contributed by atoms with Gasteiger partial charge in [0.1, 0.15) is 11.5 Å². The van der Waals surface area contributed by atoms with Gasteiger partial charge in [-0.05, 0) is 52.2 Å². The first-order chi connectivity index (χ1) is 10.2. The van der Waals surface area contributed by atoms with Crippen LogP contribution in [0.2, 0.25) is 0 Å². The van der Waals surface area contributed by atoms with E-state index in [1.165, 1.54) is 5.56 Å². The van der Waals surface area contributed by atoms with Gasteiger partial charge in [0, 0.05) is 0 Å². The van der Waals surface area contributed by atoms with Gasteiger partial charge >= 0.3 is 5.97 Å². The van der Waals surface area contributed by atoms with E-state index in [2.05, 4.69) is 22.9 Å². The molecule has 0 unspecified atom stereocenters. The largest absolute Gasteiger partial charge is 0.481 e. The number of ether oxygens (including phenoxy) is 2. The van der Waals surface area contributed by atoms with Crippen molar-refractivity contribution in [1.82, 2.24) is 0 Å². The van der Waals surface area contributed by atoms with Crippen LogP contribution in [0, 0.1) is 0 Å². The third kappa shape index (κ3) is 4.90. The van der Waals surface area contributed by atoms with Crippen molar-refractivity contribution in [2.75, 3.05) is 6.61 Å². The van der Waals surface area contributed by atoms with Gasteiger partial charge in [0.25, 0.3) is 0 Å². The minimum atomic E-state index is -0.422. The van der Waals surface area contributed by atoms with Gasteiger partial charge in [-0.25, -0.2) is 4.79 Å². The van der Waals surface area contributed by atoms with Crippen LogP contribution >= 0.6 is 15.9 Å². The van der Waals surface area contributed by atoms with E-state index in [0.717, 1.165) is 17.3 Å². The van der Waals surface area contributed by atoms with Gasteiger partial charge in [0.05, 0.1) is 4.47 Å². The molecule has 0 aliphatic rings. The van der Waals surface area contributed by atoms with E-state index in [1.54, 1.807) is 18.2 Å². The molecule has 0 saturated carbocycles. The van der Waals surface area contributed by atoms with Gasteiger partial charge in [0.15, 0.2) is 6.61 Å². The Morgan fingerprint density at radius 1 is 1.10 bits per heavy atom. The van der Waals surface area contributed by atoms with Gasteiger partial charge in [-0.1, -0.05) is 37.6 Å². The highest BCUT2D eigenvalue weighted by atomic mass is 79.9. The zero-order chi connectivity index (χ0) is 15.1. The molecule has 21 heavy (non-hydrogen) atoms. The maximum atomic E-state index is 11.7. The summed E-state index contributed by atoms with van der Waals surface area (Å²) in [5.74, 6) is 0.734. The number of hydrogen-bond acceptors (Lipinski definition) is 3. The third-order valence-corrected chi connectivity index (χ3v) is 3.53. The topological polar surface area (TPSA) is 35.5 Å². The van der Waals surface area contributed by atoms with Crippen molar-refractivity contribution in [3.8, 4) is 11.5 Å². The zero-order valence-corrected chi connectivity index (χ0v) is 13.4. The Hall–Kier alpha value is -1.81. The maximum Gasteiger partial charge on any atom is 0.349 e. The van der Waals surface area contributed by atoms with E-state index in [9.17, 15) is 4.79 Å². The highest BCUT2D eigenvalue weighted by Gasteiger charge is 2.07. The van der Waals surface area contributed by atoms with Crippen LogP contribution in [0.25, 0.3) is 0 Å². The smallest absolute Gasteiger partial charge is 0.349 e. The van der Waals surface area contributed by atoms with Crippen molar-refractivity contribution >= 4 is 21.9 Å². The quantitative estimate of drug-likeness (QED) is 0.573. The lowest BCUT2D eigenvalue weighted by Gasteiger charge is -2.08. The molecule has 0 aromatic heterocycles. The second kappa shape index (κ2) is 7.84. The first kappa shape index (κ1) is 15.6. The molecule has 2 aromatic rings. The molecule has 0 bridgehead atoms. The molecule has 0 spiro atoms. The summed E-state index contributed by atoms with van der Waals surface area (Å²) in [6.07, 6.45) is 2.12. The second-order valence-corrected chi connectivity index (χ2v) is 5.44. The van der Waals surface area contributed by atoms with Crippen molar-refractivity contribution in [3.05, 3.63) is 58.6 Å². The van der Waals surface area contributed by atoms with Crippen molar-refractivity contribution < 1.29 is 14.3 Å². The average molecular weight is 349 g/mol. The van der Waals surface area contributed by atoms with Crippen molar-refractivity contribution in [2.24, 2.45) is 0 Å². The van der Waals surface area contributed by atoms with Crippen molar-refractivity contribution in [1.29, 1.82) is 0 Å². The van der Waals surface area contributed by atoms with Crippen LogP contribution in [0.5, 0.6) is 11.5 Å². The molecule has 0 amide bonds. The molecule has 110 valence electrons. The number of rotatable bonds is 6. The van der Waals surface area contributed by atoms with Crippen LogP contribution < -0.4 is 9.47 Å². The lowest BCUT2D eigenvalue weighted by atomic mass is 10.1. The summed E-state index contributed by atoms with van der Waals surface area (Å²) in [7, 11) is 0. The lowest BCUT2D eigenvalue weighted by molar-refractivity contribution is -0.136. The van der Waals surface area contributed by atoms with E-state index in [4.69, 9.17) is 9.47 Å². The molecule has 0 saturated heterocycles. The number of esters is 1.